The van der Waals surface area contributed by atoms with Gasteiger partial charge in [-0.15, -0.1) is 0 Å². The lowest BCUT2D eigenvalue weighted by atomic mass is 10.2. The van der Waals surface area contributed by atoms with Crippen LogP contribution < -0.4 is 11.3 Å². The summed E-state index contributed by atoms with van der Waals surface area (Å²) in [5.74, 6) is 4.90. The monoisotopic (exact) mass is 202 g/mol. The molecule has 14 heavy (non-hydrogen) atoms. The summed E-state index contributed by atoms with van der Waals surface area (Å²) in [4.78, 5) is 15.3. The van der Waals surface area contributed by atoms with Gasteiger partial charge in [0.15, 0.2) is 0 Å². The van der Waals surface area contributed by atoms with Crippen molar-refractivity contribution in [2.45, 2.75) is 19.9 Å². The summed E-state index contributed by atoms with van der Waals surface area (Å²) < 4.78 is 0. The van der Waals surface area contributed by atoms with Crippen LogP contribution in [-0.2, 0) is 4.79 Å². The van der Waals surface area contributed by atoms with Crippen LogP contribution in [0.25, 0.3) is 0 Å². The largest absolute Gasteiger partial charge is 0.308 e. The predicted molar refractivity (Wildman–Crippen MR) is 57.6 cm³/mol. The molecule has 0 rings (SSSR count). The minimum absolute atomic E-state index is 0.141. The number of hydrogen-bond donors (Lipinski definition) is 2. The van der Waals surface area contributed by atoms with Crippen LogP contribution in [0.3, 0.4) is 0 Å². The van der Waals surface area contributed by atoms with E-state index in [-0.39, 0.29) is 5.91 Å². The number of nitrogens with two attached hydrogens (primary N) is 1. The van der Waals surface area contributed by atoms with Crippen molar-refractivity contribution in [1.29, 1.82) is 0 Å². The number of nitrogens with one attached hydrogen (secondary N) is 1. The number of nitrogens with zero attached hydrogens (tertiary/aromatic N) is 2. The molecule has 0 spiro atoms. The fourth-order valence-corrected chi connectivity index (χ4v) is 1.45. The Kier molecular flexibility index (Phi) is 6.44. The lowest BCUT2D eigenvalue weighted by molar-refractivity contribution is -0.122. The van der Waals surface area contributed by atoms with Gasteiger partial charge in [-0.1, -0.05) is 6.92 Å². The molecule has 0 fully saturated rings. The zero-order valence-electron chi connectivity index (χ0n) is 9.58. The van der Waals surface area contributed by atoms with Gasteiger partial charge in [0, 0.05) is 12.6 Å². The maximum atomic E-state index is 11.1. The van der Waals surface area contributed by atoms with E-state index in [1.807, 2.05) is 21.0 Å². The Morgan fingerprint density at radius 2 is 2.07 bits per heavy atom. The molecule has 1 atom stereocenters. The molecule has 1 amide bonds. The highest BCUT2D eigenvalue weighted by atomic mass is 16.2. The van der Waals surface area contributed by atoms with Crippen molar-refractivity contribution in [3.63, 3.8) is 0 Å². The third-order valence-corrected chi connectivity index (χ3v) is 2.17. The van der Waals surface area contributed by atoms with Crippen molar-refractivity contribution in [2.24, 2.45) is 5.84 Å². The van der Waals surface area contributed by atoms with Gasteiger partial charge in [-0.2, -0.15) is 0 Å². The van der Waals surface area contributed by atoms with Gasteiger partial charge in [0.1, 0.15) is 0 Å². The van der Waals surface area contributed by atoms with Gasteiger partial charge in [0.25, 0.3) is 0 Å². The Morgan fingerprint density at radius 3 is 2.43 bits per heavy atom. The maximum absolute atomic E-state index is 11.1. The molecule has 1 unspecified atom stereocenters. The molecule has 0 aromatic rings. The van der Waals surface area contributed by atoms with Crippen molar-refractivity contribution in [2.75, 3.05) is 33.7 Å². The van der Waals surface area contributed by atoms with Gasteiger partial charge in [-0.3, -0.25) is 15.1 Å². The Bertz CT molecular complexity index is 172. The second-order valence-corrected chi connectivity index (χ2v) is 3.74. The highest BCUT2D eigenvalue weighted by molar-refractivity contribution is 5.77. The summed E-state index contributed by atoms with van der Waals surface area (Å²) in [6.07, 6.45) is 0. The molecule has 0 aromatic heterocycles. The van der Waals surface area contributed by atoms with Gasteiger partial charge >= 0.3 is 0 Å². The van der Waals surface area contributed by atoms with Gasteiger partial charge in [0.2, 0.25) is 5.91 Å². The summed E-state index contributed by atoms with van der Waals surface area (Å²) in [5.41, 5.74) is 2.14. The Labute approximate surface area is 86.2 Å². The van der Waals surface area contributed by atoms with E-state index >= 15 is 0 Å². The first kappa shape index (κ1) is 13.4. The summed E-state index contributed by atoms with van der Waals surface area (Å²) in [5, 5.41) is 0. The van der Waals surface area contributed by atoms with Crippen molar-refractivity contribution in [1.82, 2.24) is 15.2 Å². The number of likely N-dealkylation sites (N-methyl/N-ethyl adjacent to an activating group) is 2. The van der Waals surface area contributed by atoms with Gasteiger partial charge in [-0.25, -0.2) is 5.84 Å². The van der Waals surface area contributed by atoms with E-state index < -0.39 is 0 Å². The molecular formula is C9H22N4O. The van der Waals surface area contributed by atoms with Crippen molar-refractivity contribution in [3.8, 4) is 0 Å². The molecule has 0 aliphatic carbocycles. The molecule has 5 nitrogen and oxygen atoms in total. The smallest absolute Gasteiger partial charge is 0.248 e. The molecule has 5 heteroatoms. The number of hydrazine groups is 1. The Hall–Kier alpha value is -0.650. The molecular weight excluding hydrogens is 180 g/mol. The topological polar surface area (TPSA) is 61.6 Å². The van der Waals surface area contributed by atoms with Crippen LogP contribution in [0.15, 0.2) is 0 Å². The molecule has 0 aromatic carbocycles. The van der Waals surface area contributed by atoms with Gasteiger partial charge in [-0.05, 0) is 27.6 Å². The molecule has 0 heterocycles. The molecule has 3 N–H and O–H groups in total. The zero-order chi connectivity index (χ0) is 11.1. The fourth-order valence-electron chi connectivity index (χ4n) is 1.45. The van der Waals surface area contributed by atoms with Gasteiger partial charge in [0.05, 0.1) is 6.54 Å². The highest BCUT2D eigenvalue weighted by Gasteiger charge is 2.15. The van der Waals surface area contributed by atoms with Crippen LogP contribution in [-0.4, -0.2) is 55.5 Å². The first-order valence-electron chi connectivity index (χ1n) is 4.89. The average Bonchev–Trinajstić information content (AvgIpc) is 2.12. The molecule has 0 radical (unpaired) electrons. The molecule has 84 valence electrons. The number of amides is 1. The molecule has 0 bridgehead atoms. The lowest BCUT2D eigenvalue weighted by Crippen LogP contribution is -2.46. The number of rotatable bonds is 6. The Balaban J connectivity index is 4.04. The van der Waals surface area contributed by atoms with Crippen molar-refractivity contribution >= 4 is 5.91 Å². The number of carbonyl (C=O) groups excluding carboxylic acids is 1. The summed E-state index contributed by atoms with van der Waals surface area (Å²) in [6.45, 7) is 6.29. The van der Waals surface area contributed by atoms with Crippen LogP contribution in [0.2, 0.25) is 0 Å². The zero-order valence-corrected chi connectivity index (χ0v) is 9.58. The normalized spacial score (nSPS) is 13.4. The summed E-state index contributed by atoms with van der Waals surface area (Å²) in [6, 6.07) is 0.354. The molecule has 0 saturated carbocycles. The quantitative estimate of drug-likeness (QED) is 0.338. The third kappa shape index (κ3) is 5.16. The number of carbonyl (C=O) groups is 1. The standard InChI is InChI=1S/C9H22N4O/c1-5-13(7-9(14)11-10)8(2)6-12(3)4/h8H,5-7,10H2,1-4H3,(H,11,14). The SMILES string of the molecule is CCN(CC(=O)NN)C(C)CN(C)C. The number of hydrogen-bond acceptors (Lipinski definition) is 4. The van der Waals surface area contributed by atoms with Crippen molar-refractivity contribution in [3.05, 3.63) is 0 Å². The second-order valence-electron chi connectivity index (χ2n) is 3.74. The summed E-state index contributed by atoms with van der Waals surface area (Å²) >= 11 is 0. The van der Waals surface area contributed by atoms with Crippen molar-refractivity contribution < 1.29 is 4.79 Å². The molecule has 0 aliphatic rings. The maximum Gasteiger partial charge on any atom is 0.248 e. The van der Waals surface area contributed by atoms with E-state index in [4.69, 9.17) is 5.84 Å². The van der Waals surface area contributed by atoms with Gasteiger partial charge < -0.3 is 4.90 Å². The minimum Gasteiger partial charge on any atom is -0.308 e. The fraction of sp³-hybridized carbons (Fsp3) is 0.889. The van der Waals surface area contributed by atoms with E-state index in [0.717, 1.165) is 13.1 Å². The van der Waals surface area contributed by atoms with Crippen LogP contribution in [0.4, 0.5) is 0 Å². The summed E-state index contributed by atoms with van der Waals surface area (Å²) in [7, 11) is 4.04. The Morgan fingerprint density at radius 1 is 1.50 bits per heavy atom. The van der Waals surface area contributed by atoms with E-state index in [0.29, 0.717) is 12.6 Å². The van der Waals surface area contributed by atoms with E-state index in [1.165, 1.54) is 0 Å². The second kappa shape index (κ2) is 6.75. The van der Waals surface area contributed by atoms with E-state index in [9.17, 15) is 4.79 Å². The average molecular weight is 202 g/mol. The van der Waals surface area contributed by atoms with Crippen LogP contribution >= 0.6 is 0 Å². The molecule has 0 aliphatic heterocycles. The third-order valence-electron chi connectivity index (χ3n) is 2.17. The lowest BCUT2D eigenvalue weighted by Gasteiger charge is -2.28. The first-order chi connectivity index (χ1) is 6.51. The first-order valence-corrected chi connectivity index (χ1v) is 4.89. The van der Waals surface area contributed by atoms with Crippen LogP contribution in [0.5, 0.6) is 0 Å². The van der Waals surface area contributed by atoms with Crippen LogP contribution in [0.1, 0.15) is 13.8 Å². The highest BCUT2D eigenvalue weighted by Crippen LogP contribution is 1.99. The van der Waals surface area contributed by atoms with E-state index in [2.05, 4.69) is 22.1 Å². The van der Waals surface area contributed by atoms with Crippen LogP contribution in [0, 0.1) is 0 Å². The van der Waals surface area contributed by atoms with E-state index in [1.54, 1.807) is 0 Å². The minimum atomic E-state index is -0.141. The predicted octanol–water partition coefficient (Wildman–Crippen LogP) is -0.752. The molecule has 0 saturated heterocycles.